The number of piperidine rings is 2. The van der Waals surface area contributed by atoms with Gasteiger partial charge in [0, 0.05) is 49.0 Å². The van der Waals surface area contributed by atoms with E-state index in [-0.39, 0.29) is 41.6 Å². The van der Waals surface area contributed by atoms with Crippen LogP contribution in [0.3, 0.4) is 0 Å². The predicted molar refractivity (Wildman–Crippen MR) is 141 cm³/mol. The summed E-state index contributed by atoms with van der Waals surface area (Å²) in [7, 11) is 0. The molecule has 1 aromatic carbocycles. The molecule has 12 heteroatoms. The number of benzene rings is 1. The van der Waals surface area contributed by atoms with Gasteiger partial charge in [-0.25, -0.2) is 4.79 Å². The Balaban J connectivity index is 1.21. The minimum Gasteiger partial charge on any atom is -0.380 e. The third kappa shape index (κ3) is 5.36. The Labute approximate surface area is 226 Å². The second-order valence-corrected chi connectivity index (χ2v) is 11.3. The lowest BCUT2D eigenvalue weighted by molar-refractivity contribution is -0.136. The molecule has 206 valence electrons. The Morgan fingerprint density at radius 3 is 2.51 bits per heavy atom. The first kappa shape index (κ1) is 26.4. The van der Waals surface area contributed by atoms with Crippen molar-refractivity contribution in [2.45, 2.75) is 70.6 Å². The highest BCUT2D eigenvalue weighted by Crippen LogP contribution is 2.32. The summed E-state index contributed by atoms with van der Waals surface area (Å²) in [5.74, 6) is -2.13. The van der Waals surface area contributed by atoms with Gasteiger partial charge in [0.15, 0.2) is 0 Å². The van der Waals surface area contributed by atoms with E-state index in [1.54, 1.807) is 24.4 Å². The Hall–Kier alpha value is -4.22. The molecule has 6 amide bonds. The molecule has 12 nitrogen and oxygen atoms in total. The van der Waals surface area contributed by atoms with Gasteiger partial charge in [0.1, 0.15) is 6.04 Å². The van der Waals surface area contributed by atoms with Gasteiger partial charge < -0.3 is 15.5 Å². The molecule has 4 heterocycles. The number of carbonyl (C=O) groups is 5. The maximum absolute atomic E-state index is 13.3. The number of anilines is 1. The van der Waals surface area contributed by atoms with Gasteiger partial charge in [-0.1, -0.05) is 6.07 Å². The number of urea groups is 1. The van der Waals surface area contributed by atoms with Crippen molar-refractivity contribution in [1.82, 2.24) is 30.2 Å². The van der Waals surface area contributed by atoms with E-state index in [0.29, 0.717) is 25.3 Å². The van der Waals surface area contributed by atoms with Crippen LogP contribution in [0.1, 0.15) is 78.8 Å². The second-order valence-electron chi connectivity index (χ2n) is 11.3. The van der Waals surface area contributed by atoms with Crippen LogP contribution in [0.2, 0.25) is 0 Å². The largest absolute Gasteiger partial charge is 0.380 e. The summed E-state index contributed by atoms with van der Waals surface area (Å²) >= 11 is 0. The minimum absolute atomic E-state index is 0.0501. The van der Waals surface area contributed by atoms with Gasteiger partial charge in [0.2, 0.25) is 11.8 Å². The van der Waals surface area contributed by atoms with Gasteiger partial charge in [-0.05, 0) is 52.2 Å². The average molecular weight is 536 g/mol. The molecular formula is C27H33N7O5. The molecule has 3 N–H and O–H groups in total. The highest BCUT2D eigenvalue weighted by molar-refractivity contribution is 6.25. The number of fused-ring (bicyclic) bond motifs is 1. The SMILES string of the molecule is CC(C)(C)NC(=O)N1CCC(n2cc(CNc3cccc4c3C(=O)N(C3CCC(=O)NC3=O)C4=O)cn2)CC1. The molecule has 1 aromatic heterocycles. The molecule has 5 rings (SSSR count). The van der Waals surface area contributed by atoms with Crippen LogP contribution < -0.4 is 16.0 Å². The molecule has 1 unspecified atom stereocenters. The number of imide groups is 2. The minimum atomic E-state index is -1.01. The third-order valence-corrected chi connectivity index (χ3v) is 7.21. The van der Waals surface area contributed by atoms with Gasteiger partial charge in [0.05, 0.1) is 23.4 Å². The van der Waals surface area contributed by atoms with E-state index in [1.807, 2.05) is 36.5 Å². The molecule has 0 spiro atoms. The number of rotatable bonds is 5. The van der Waals surface area contributed by atoms with Crippen LogP contribution >= 0.6 is 0 Å². The first-order valence-electron chi connectivity index (χ1n) is 13.2. The topological polar surface area (TPSA) is 146 Å². The summed E-state index contributed by atoms with van der Waals surface area (Å²) in [5, 5.41) is 13.0. The van der Waals surface area contributed by atoms with Gasteiger partial charge in [0.25, 0.3) is 11.8 Å². The summed E-state index contributed by atoms with van der Waals surface area (Å²) in [5.41, 5.74) is 1.57. The maximum Gasteiger partial charge on any atom is 0.317 e. The summed E-state index contributed by atoms with van der Waals surface area (Å²) in [6, 6.07) is 4.10. The van der Waals surface area contributed by atoms with Gasteiger partial charge in [-0.15, -0.1) is 0 Å². The van der Waals surface area contributed by atoms with Crippen molar-refractivity contribution in [3.63, 3.8) is 0 Å². The number of nitrogens with one attached hydrogen (secondary N) is 3. The zero-order valence-electron chi connectivity index (χ0n) is 22.3. The third-order valence-electron chi connectivity index (χ3n) is 7.21. The molecule has 2 aromatic rings. The normalized spacial score (nSPS) is 20.2. The maximum atomic E-state index is 13.3. The molecule has 1 atom stereocenters. The molecular weight excluding hydrogens is 502 g/mol. The van der Waals surface area contributed by atoms with E-state index >= 15 is 0 Å². The van der Waals surface area contributed by atoms with Crippen LogP contribution in [0.4, 0.5) is 10.5 Å². The van der Waals surface area contributed by atoms with Crippen molar-refractivity contribution in [1.29, 1.82) is 0 Å². The Bertz CT molecular complexity index is 1340. The van der Waals surface area contributed by atoms with Crippen LogP contribution in [-0.4, -0.2) is 73.9 Å². The van der Waals surface area contributed by atoms with Gasteiger partial charge in [-0.2, -0.15) is 5.10 Å². The number of aromatic nitrogens is 2. The van der Waals surface area contributed by atoms with Gasteiger partial charge >= 0.3 is 6.03 Å². The molecule has 3 aliphatic heterocycles. The van der Waals surface area contributed by atoms with E-state index in [0.717, 1.165) is 23.3 Å². The number of carbonyl (C=O) groups excluding carboxylic acids is 5. The van der Waals surface area contributed by atoms with Crippen LogP contribution in [-0.2, 0) is 16.1 Å². The van der Waals surface area contributed by atoms with E-state index in [1.165, 1.54) is 0 Å². The fraction of sp³-hybridized carbons (Fsp3) is 0.481. The molecule has 2 fully saturated rings. The Kier molecular flexibility index (Phi) is 6.87. The summed E-state index contributed by atoms with van der Waals surface area (Å²) in [6.45, 7) is 7.56. The number of hydrogen-bond acceptors (Lipinski definition) is 7. The molecule has 0 saturated carbocycles. The van der Waals surface area contributed by atoms with Crippen LogP contribution in [0, 0.1) is 0 Å². The molecule has 0 radical (unpaired) electrons. The smallest absolute Gasteiger partial charge is 0.317 e. The Morgan fingerprint density at radius 1 is 1.08 bits per heavy atom. The predicted octanol–water partition coefficient (Wildman–Crippen LogP) is 2.04. The number of hydrogen-bond donors (Lipinski definition) is 3. The van der Waals surface area contributed by atoms with Crippen molar-refractivity contribution < 1.29 is 24.0 Å². The average Bonchev–Trinajstić information content (AvgIpc) is 3.45. The quantitative estimate of drug-likeness (QED) is 0.497. The summed E-state index contributed by atoms with van der Waals surface area (Å²) in [6.07, 6.45) is 5.49. The lowest BCUT2D eigenvalue weighted by atomic mass is 10.0. The van der Waals surface area contributed by atoms with Crippen molar-refractivity contribution in [2.24, 2.45) is 0 Å². The van der Waals surface area contributed by atoms with Crippen molar-refractivity contribution in [3.05, 3.63) is 47.3 Å². The van der Waals surface area contributed by atoms with Crippen molar-refractivity contribution >= 4 is 35.3 Å². The monoisotopic (exact) mass is 535 g/mol. The zero-order chi connectivity index (χ0) is 27.9. The van der Waals surface area contributed by atoms with Crippen LogP contribution in [0.15, 0.2) is 30.6 Å². The highest BCUT2D eigenvalue weighted by atomic mass is 16.2. The highest BCUT2D eigenvalue weighted by Gasteiger charge is 2.45. The fourth-order valence-electron chi connectivity index (χ4n) is 5.26. The van der Waals surface area contributed by atoms with E-state index < -0.39 is 29.7 Å². The van der Waals surface area contributed by atoms with Crippen LogP contribution in [0.5, 0.6) is 0 Å². The van der Waals surface area contributed by atoms with E-state index in [4.69, 9.17) is 0 Å². The van der Waals surface area contributed by atoms with E-state index in [9.17, 15) is 24.0 Å². The first-order chi connectivity index (χ1) is 18.5. The number of amides is 6. The molecule has 39 heavy (non-hydrogen) atoms. The van der Waals surface area contributed by atoms with Crippen LogP contribution in [0.25, 0.3) is 0 Å². The molecule has 2 saturated heterocycles. The second kappa shape index (κ2) is 10.2. The molecule has 0 bridgehead atoms. The number of nitrogens with zero attached hydrogens (tertiary/aromatic N) is 4. The molecule has 3 aliphatic rings. The standard InChI is InChI=1S/C27H33N7O5/c1-27(2,3)31-26(39)32-11-9-17(10-12-32)33-15-16(14-29-33)13-28-19-6-4-5-18-22(19)25(38)34(24(18)37)20-7-8-21(35)30-23(20)36/h4-6,14-15,17,20,28H,7-13H2,1-3H3,(H,31,39)(H,30,35,36). The van der Waals surface area contributed by atoms with Gasteiger partial charge in [-0.3, -0.25) is 34.1 Å². The van der Waals surface area contributed by atoms with E-state index in [2.05, 4.69) is 21.0 Å². The lowest BCUT2D eigenvalue weighted by Crippen LogP contribution is -2.54. The Morgan fingerprint density at radius 2 is 1.82 bits per heavy atom. The first-order valence-corrected chi connectivity index (χ1v) is 13.2. The zero-order valence-corrected chi connectivity index (χ0v) is 22.3. The lowest BCUT2D eigenvalue weighted by Gasteiger charge is -2.34. The van der Waals surface area contributed by atoms with Crippen molar-refractivity contribution in [3.8, 4) is 0 Å². The fourth-order valence-corrected chi connectivity index (χ4v) is 5.26. The molecule has 0 aliphatic carbocycles. The summed E-state index contributed by atoms with van der Waals surface area (Å²) < 4.78 is 1.92. The van der Waals surface area contributed by atoms with Crippen molar-refractivity contribution in [2.75, 3.05) is 18.4 Å². The summed E-state index contributed by atoms with van der Waals surface area (Å²) in [4.78, 5) is 65.4. The number of likely N-dealkylation sites (tertiary alicyclic amines) is 1.